The molecule has 0 bridgehead atoms. The Morgan fingerprint density at radius 2 is 0.900 bits per heavy atom. The van der Waals surface area contributed by atoms with Crippen molar-refractivity contribution in [2.45, 2.75) is 0 Å². The quantitative estimate of drug-likeness (QED) is 0.175. The van der Waals surface area contributed by atoms with E-state index in [-0.39, 0.29) is 59.1 Å². The van der Waals surface area contributed by atoms with E-state index in [0.29, 0.717) is 0 Å². The summed E-state index contributed by atoms with van der Waals surface area (Å²) in [6.45, 7) is 0. The van der Waals surface area contributed by atoms with E-state index in [1.807, 2.05) is 0 Å². The van der Waals surface area contributed by atoms with Crippen molar-refractivity contribution in [1.29, 1.82) is 0 Å². The molecule has 0 radical (unpaired) electrons. The van der Waals surface area contributed by atoms with Gasteiger partial charge in [0.25, 0.3) is 0 Å². The normalized spacial score (nSPS) is 7.80. The van der Waals surface area contributed by atoms with Crippen molar-refractivity contribution in [2.75, 3.05) is 0 Å². The Balaban J connectivity index is -0.000000245. The predicted molar refractivity (Wildman–Crippen MR) is 6.51 cm³/mol. The van der Waals surface area contributed by atoms with Gasteiger partial charge < -0.3 is 10.5 Å². The van der Waals surface area contributed by atoms with E-state index >= 15 is 0 Å². The first-order valence-corrected chi connectivity index (χ1v) is 1.17. The smallest absolute Gasteiger partial charge is 0.689 e. The van der Waals surface area contributed by atoms with Gasteiger partial charge in [0.1, 0.15) is 0 Å². The molecule has 0 aromatic carbocycles. The van der Waals surface area contributed by atoms with Crippen LogP contribution in [0.2, 0.25) is 0 Å². The molecule has 0 unspecified atom stereocenters. The molecular weight excluding hydrogens is 174 g/mol. The van der Waals surface area contributed by atoms with E-state index in [2.05, 4.69) is 30.2 Å². The van der Waals surface area contributed by atoms with E-state index in [4.69, 9.17) is 10.5 Å². The molecule has 10 heteroatoms. The first-order valence-electron chi connectivity index (χ1n) is 1.17. The van der Waals surface area contributed by atoms with E-state index in [0.717, 1.165) is 0 Å². The van der Waals surface area contributed by atoms with Gasteiger partial charge in [0.15, 0.2) is 0 Å². The van der Waals surface area contributed by atoms with E-state index in [9.17, 15) is 0 Å². The van der Waals surface area contributed by atoms with Crippen LogP contribution in [-0.4, -0.2) is 0 Å². The zero-order chi connectivity index (χ0) is 6.24. The maximum absolute atomic E-state index is 8.79. The van der Waals surface area contributed by atoms with Crippen molar-refractivity contribution in [3.63, 3.8) is 0 Å². The number of hydrogen-bond acceptors (Lipinski definition) is 8. The molecule has 0 N–H and O–H groups in total. The maximum atomic E-state index is 8.79. The van der Waals surface area contributed by atoms with Gasteiger partial charge in [0.05, 0.1) is 0 Å². The number of hydrogen-bond donors (Lipinski definition) is 0. The van der Waals surface area contributed by atoms with Crippen molar-refractivity contribution in [3.05, 3.63) is 0 Å². The van der Waals surface area contributed by atoms with Crippen molar-refractivity contribution >= 4 is 0 Å². The monoisotopic (exact) mass is 174 g/mol. The molecule has 0 aliphatic heterocycles. The molecule has 0 rings (SSSR count). The minimum atomic E-state index is 0. The summed E-state index contributed by atoms with van der Waals surface area (Å²) in [7, 11) is 0. The second kappa shape index (κ2) is 17.0. The molecule has 0 aromatic rings. The van der Waals surface area contributed by atoms with Crippen molar-refractivity contribution in [2.24, 2.45) is 0 Å². The van der Waals surface area contributed by atoms with Crippen LogP contribution in [0.15, 0.2) is 0 Å². The largest absolute Gasteiger partial charge is 1.00 e. The molecule has 10 heavy (non-hydrogen) atoms. The second-order valence-electron chi connectivity index (χ2n) is 0.408. The Hall–Kier alpha value is 1.68. The molecule has 0 saturated carbocycles. The van der Waals surface area contributed by atoms with Gasteiger partial charge in [-0.2, -0.15) is 0 Å². The van der Waals surface area contributed by atoms with E-state index in [1.165, 1.54) is 0 Å². The third kappa shape index (κ3) is 16.3. The Morgan fingerprint density at radius 1 is 0.600 bits per heavy atom. The molecule has 50 valence electrons. The van der Waals surface area contributed by atoms with Crippen LogP contribution in [0.1, 0.15) is 0 Å². The maximum Gasteiger partial charge on any atom is 1.00 e. The molecule has 0 saturated heterocycles. The van der Waals surface area contributed by atoms with Crippen LogP contribution in [0, 0.1) is 0 Å². The standard InChI is InChI=1S/2Na.H2O8/c;;1-3-5-7-8-6-4-2/h;;1-2H/q2*+1;/p-2. The first kappa shape index (κ1) is 17.7. The summed E-state index contributed by atoms with van der Waals surface area (Å²) in [4.78, 5) is 0. The average molecular weight is 174 g/mol. The summed E-state index contributed by atoms with van der Waals surface area (Å²) < 4.78 is 0. The van der Waals surface area contributed by atoms with Crippen LogP contribution in [0.25, 0.3) is 0 Å². The summed E-state index contributed by atoms with van der Waals surface area (Å²) in [5.41, 5.74) is 0. The zero-order valence-corrected chi connectivity index (χ0v) is 9.27. The molecule has 0 heterocycles. The van der Waals surface area contributed by atoms with Gasteiger partial charge in [-0.15, -0.1) is 0 Å². The first-order chi connectivity index (χ1) is 3.91. The number of rotatable bonds is 5. The minimum absolute atomic E-state index is 0. The summed E-state index contributed by atoms with van der Waals surface area (Å²) in [6, 6.07) is 0. The van der Waals surface area contributed by atoms with Crippen LogP contribution < -0.4 is 69.6 Å². The Bertz CT molecular complexity index is 32.2. The fourth-order valence-corrected chi connectivity index (χ4v) is 0.0454. The summed E-state index contributed by atoms with van der Waals surface area (Å²) >= 11 is 0. The summed E-state index contributed by atoms with van der Waals surface area (Å²) in [6.07, 6.45) is 0. The van der Waals surface area contributed by atoms with E-state index < -0.39 is 0 Å². The van der Waals surface area contributed by atoms with Gasteiger partial charge in [-0.1, -0.05) is 0 Å². The molecular formula is Na2O8. The predicted octanol–water partition coefficient (Wildman–Crippen LogP) is -8.78. The van der Waals surface area contributed by atoms with Gasteiger partial charge in [0.2, 0.25) is 0 Å². The van der Waals surface area contributed by atoms with Gasteiger partial charge in [0, 0.05) is 0 Å². The molecule has 0 aliphatic carbocycles. The summed E-state index contributed by atoms with van der Waals surface area (Å²) in [5.74, 6) is 0. The molecule has 0 fully saturated rings. The van der Waals surface area contributed by atoms with Crippen LogP contribution >= 0.6 is 0 Å². The SMILES string of the molecule is [Na+].[Na+].[O-]OOOOOO[O-]. The fourth-order valence-electron chi connectivity index (χ4n) is 0.0454. The van der Waals surface area contributed by atoms with Gasteiger partial charge in [-0.05, 0) is 20.2 Å². The molecule has 0 aromatic heterocycles. The Labute approximate surface area is 99.0 Å². The van der Waals surface area contributed by atoms with Crippen LogP contribution in [0.4, 0.5) is 0 Å². The molecule has 0 atom stereocenters. The minimum Gasteiger partial charge on any atom is -0.689 e. The van der Waals surface area contributed by atoms with Crippen LogP contribution in [0.5, 0.6) is 0 Å². The Morgan fingerprint density at radius 3 is 1.10 bits per heavy atom. The molecule has 0 amide bonds. The van der Waals surface area contributed by atoms with Gasteiger partial charge >= 0.3 is 59.1 Å². The van der Waals surface area contributed by atoms with Crippen molar-refractivity contribution in [3.8, 4) is 0 Å². The fraction of sp³-hybridized carbons (Fsp3) is 0. The van der Waals surface area contributed by atoms with Crippen LogP contribution in [0.3, 0.4) is 0 Å². The Kier molecular flexibility index (Phi) is 30.0. The average Bonchev–Trinajstić information content (AvgIpc) is 1.81. The third-order valence-electron chi connectivity index (χ3n) is 0.139. The summed E-state index contributed by atoms with van der Waals surface area (Å²) in [5, 5.41) is 35.0. The van der Waals surface area contributed by atoms with Crippen molar-refractivity contribution in [1.82, 2.24) is 0 Å². The van der Waals surface area contributed by atoms with Gasteiger partial charge in [-0.3, -0.25) is 10.1 Å². The molecule has 8 nitrogen and oxygen atoms in total. The zero-order valence-electron chi connectivity index (χ0n) is 5.27. The van der Waals surface area contributed by atoms with Gasteiger partial charge in [-0.25, -0.2) is 0 Å². The third-order valence-corrected chi connectivity index (χ3v) is 0.139. The second-order valence-corrected chi connectivity index (χ2v) is 0.408. The molecule has 0 aliphatic rings. The topological polar surface area (TPSA) is 102 Å². The van der Waals surface area contributed by atoms with E-state index in [1.54, 1.807) is 0 Å². The van der Waals surface area contributed by atoms with Crippen LogP contribution in [-0.2, 0) is 30.2 Å². The van der Waals surface area contributed by atoms with Crippen molar-refractivity contribution < 1.29 is 99.9 Å². The molecule has 0 spiro atoms.